The van der Waals surface area contributed by atoms with E-state index in [9.17, 15) is 4.79 Å². The molecule has 0 unspecified atom stereocenters. The first-order valence-electron chi connectivity index (χ1n) is 8.27. The van der Waals surface area contributed by atoms with Crippen LogP contribution in [0.5, 0.6) is 0 Å². The molecule has 6 nitrogen and oxygen atoms in total. The maximum atomic E-state index is 11.3. The molecule has 2 aliphatic rings. The number of carbonyl (C=O) groups excluding carboxylic acids is 1. The SMILES string of the molecule is Cc1cc(N2CCC3(CC2)CNC(=O)O3)nc(-c2ccccc2)n1. The molecule has 2 aromatic rings. The number of aromatic nitrogens is 2. The number of nitrogens with zero attached hydrogens (tertiary/aromatic N) is 3. The molecule has 0 bridgehead atoms. The number of nitrogens with one attached hydrogen (secondary N) is 1. The minimum atomic E-state index is -0.335. The summed E-state index contributed by atoms with van der Waals surface area (Å²) in [6.07, 6.45) is 1.33. The smallest absolute Gasteiger partial charge is 0.407 e. The predicted molar refractivity (Wildman–Crippen MR) is 90.9 cm³/mol. The normalized spacial score (nSPS) is 19.2. The summed E-state index contributed by atoms with van der Waals surface area (Å²) < 4.78 is 5.48. The first kappa shape index (κ1) is 14.9. The van der Waals surface area contributed by atoms with E-state index in [2.05, 4.69) is 15.2 Å². The second kappa shape index (κ2) is 5.78. The summed E-state index contributed by atoms with van der Waals surface area (Å²) in [5.41, 5.74) is 1.63. The first-order chi connectivity index (χ1) is 11.6. The van der Waals surface area contributed by atoms with Crippen molar-refractivity contribution in [2.45, 2.75) is 25.4 Å². The Bertz CT molecular complexity index is 755. The van der Waals surface area contributed by atoms with Crippen LogP contribution in [0.4, 0.5) is 10.6 Å². The number of carbonyl (C=O) groups is 1. The molecule has 1 spiro atoms. The van der Waals surface area contributed by atoms with Gasteiger partial charge in [-0.15, -0.1) is 0 Å². The molecule has 1 aromatic carbocycles. The highest BCUT2D eigenvalue weighted by atomic mass is 16.6. The molecule has 4 rings (SSSR count). The number of benzene rings is 1. The van der Waals surface area contributed by atoms with Gasteiger partial charge in [0, 0.05) is 43.3 Å². The lowest BCUT2D eigenvalue weighted by atomic mass is 9.91. The van der Waals surface area contributed by atoms with E-state index in [0.29, 0.717) is 6.54 Å². The van der Waals surface area contributed by atoms with Crippen molar-refractivity contribution < 1.29 is 9.53 Å². The van der Waals surface area contributed by atoms with E-state index < -0.39 is 0 Å². The second-order valence-electron chi connectivity index (χ2n) is 6.47. The molecule has 124 valence electrons. The molecule has 3 heterocycles. The van der Waals surface area contributed by atoms with Gasteiger partial charge in [-0.2, -0.15) is 0 Å². The zero-order valence-corrected chi connectivity index (χ0v) is 13.7. The van der Waals surface area contributed by atoms with Crippen LogP contribution in [0.3, 0.4) is 0 Å². The lowest BCUT2D eigenvalue weighted by Crippen LogP contribution is -2.47. The molecule has 2 fully saturated rings. The number of alkyl carbamates (subject to hydrolysis) is 1. The summed E-state index contributed by atoms with van der Waals surface area (Å²) in [6.45, 7) is 4.24. The third-order valence-electron chi connectivity index (χ3n) is 4.74. The number of rotatable bonds is 2. The zero-order chi connectivity index (χ0) is 16.6. The van der Waals surface area contributed by atoms with Gasteiger partial charge in [-0.05, 0) is 6.92 Å². The van der Waals surface area contributed by atoms with E-state index >= 15 is 0 Å². The van der Waals surface area contributed by atoms with Crippen molar-refractivity contribution in [1.82, 2.24) is 15.3 Å². The topological polar surface area (TPSA) is 67.4 Å². The number of hydrogen-bond donors (Lipinski definition) is 1. The molecule has 2 aliphatic heterocycles. The van der Waals surface area contributed by atoms with Gasteiger partial charge >= 0.3 is 6.09 Å². The van der Waals surface area contributed by atoms with Crippen LogP contribution >= 0.6 is 0 Å². The van der Waals surface area contributed by atoms with Crippen molar-refractivity contribution >= 4 is 11.9 Å². The Hall–Kier alpha value is -2.63. The van der Waals surface area contributed by atoms with Crippen LogP contribution < -0.4 is 10.2 Å². The van der Waals surface area contributed by atoms with Crippen molar-refractivity contribution in [3.8, 4) is 11.4 Å². The van der Waals surface area contributed by atoms with Crippen LogP contribution in [0.25, 0.3) is 11.4 Å². The largest absolute Gasteiger partial charge is 0.441 e. The zero-order valence-electron chi connectivity index (χ0n) is 13.7. The average molecular weight is 324 g/mol. The predicted octanol–water partition coefficient (Wildman–Crippen LogP) is 2.53. The number of anilines is 1. The quantitative estimate of drug-likeness (QED) is 0.919. The number of aryl methyl sites for hydroxylation is 1. The average Bonchev–Trinajstić information content (AvgIpc) is 2.96. The Morgan fingerprint density at radius 1 is 1.17 bits per heavy atom. The fraction of sp³-hybridized carbons (Fsp3) is 0.389. The summed E-state index contributed by atoms with van der Waals surface area (Å²) in [5, 5.41) is 2.77. The highest BCUT2D eigenvalue weighted by Gasteiger charge is 2.43. The van der Waals surface area contributed by atoms with Gasteiger partial charge in [0.2, 0.25) is 0 Å². The summed E-state index contributed by atoms with van der Waals surface area (Å²) in [4.78, 5) is 22.9. The van der Waals surface area contributed by atoms with Gasteiger partial charge in [0.05, 0.1) is 6.54 Å². The van der Waals surface area contributed by atoms with Gasteiger partial charge in [0.25, 0.3) is 0 Å². The van der Waals surface area contributed by atoms with Crippen molar-refractivity contribution in [1.29, 1.82) is 0 Å². The minimum Gasteiger partial charge on any atom is -0.441 e. The van der Waals surface area contributed by atoms with E-state index in [4.69, 9.17) is 9.72 Å². The molecular formula is C18H20N4O2. The van der Waals surface area contributed by atoms with E-state index in [-0.39, 0.29) is 11.7 Å². The summed E-state index contributed by atoms with van der Waals surface area (Å²) >= 11 is 0. The monoisotopic (exact) mass is 324 g/mol. The van der Waals surface area contributed by atoms with Crippen molar-refractivity contribution in [3.05, 3.63) is 42.1 Å². The third kappa shape index (κ3) is 2.79. The van der Waals surface area contributed by atoms with E-state index in [0.717, 1.165) is 48.8 Å². The highest BCUT2D eigenvalue weighted by molar-refractivity contribution is 5.70. The Morgan fingerprint density at radius 2 is 1.92 bits per heavy atom. The minimum absolute atomic E-state index is 0.298. The van der Waals surface area contributed by atoms with Crippen LogP contribution in [0.2, 0.25) is 0 Å². The fourth-order valence-electron chi connectivity index (χ4n) is 3.35. The highest BCUT2D eigenvalue weighted by Crippen LogP contribution is 2.31. The van der Waals surface area contributed by atoms with Crippen molar-refractivity contribution in [2.75, 3.05) is 24.5 Å². The van der Waals surface area contributed by atoms with Gasteiger partial charge in [0.15, 0.2) is 5.82 Å². The number of amides is 1. The van der Waals surface area contributed by atoms with Gasteiger partial charge < -0.3 is 15.0 Å². The molecule has 1 aromatic heterocycles. The van der Waals surface area contributed by atoms with Gasteiger partial charge in [0.1, 0.15) is 11.4 Å². The lowest BCUT2D eigenvalue weighted by molar-refractivity contribution is 0.0366. The van der Waals surface area contributed by atoms with Crippen LogP contribution in [0.1, 0.15) is 18.5 Å². The van der Waals surface area contributed by atoms with Crippen LogP contribution in [-0.4, -0.2) is 41.3 Å². The van der Waals surface area contributed by atoms with Gasteiger partial charge in [-0.3, -0.25) is 0 Å². The van der Waals surface area contributed by atoms with Gasteiger partial charge in [-0.25, -0.2) is 14.8 Å². The molecule has 24 heavy (non-hydrogen) atoms. The number of hydrogen-bond acceptors (Lipinski definition) is 5. The summed E-state index contributed by atoms with van der Waals surface area (Å²) in [7, 11) is 0. The van der Waals surface area contributed by atoms with Crippen LogP contribution in [0.15, 0.2) is 36.4 Å². The van der Waals surface area contributed by atoms with E-state index in [1.54, 1.807) is 0 Å². The molecule has 1 amide bonds. The third-order valence-corrected chi connectivity index (χ3v) is 4.74. The first-order valence-corrected chi connectivity index (χ1v) is 8.27. The molecule has 1 N–H and O–H groups in total. The molecule has 0 aliphatic carbocycles. The summed E-state index contributed by atoms with van der Waals surface area (Å²) in [6, 6.07) is 12.0. The molecule has 2 saturated heterocycles. The lowest BCUT2D eigenvalue weighted by Gasteiger charge is -2.37. The second-order valence-corrected chi connectivity index (χ2v) is 6.47. The molecule has 6 heteroatoms. The Kier molecular flexibility index (Phi) is 3.59. The van der Waals surface area contributed by atoms with Crippen LogP contribution in [-0.2, 0) is 4.74 Å². The molecular weight excluding hydrogens is 304 g/mol. The Morgan fingerprint density at radius 3 is 2.58 bits per heavy atom. The van der Waals surface area contributed by atoms with Gasteiger partial charge in [-0.1, -0.05) is 30.3 Å². The molecule has 0 saturated carbocycles. The van der Waals surface area contributed by atoms with E-state index in [1.807, 2.05) is 43.3 Å². The van der Waals surface area contributed by atoms with Crippen molar-refractivity contribution in [3.63, 3.8) is 0 Å². The molecule has 0 radical (unpaired) electrons. The summed E-state index contributed by atoms with van der Waals surface area (Å²) in [5.74, 6) is 1.69. The molecule has 0 atom stereocenters. The van der Waals surface area contributed by atoms with E-state index in [1.165, 1.54) is 0 Å². The number of piperidine rings is 1. The number of ether oxygens (including phenoxy) is 1. The van der Waals surface area contributed by atoms with Crippen LogP contribution in [0, 0.1) is 6.92 Å². The maximum absolute atomic E-state index is 11.3. The van der Waals surface area contributed by atoms with Crippen molar-refractivity contribution in [2.24, 2.45) is 0 Å². The Balaban J connectivity index is 1.55. The maximum Gasteiger partial charge on any atom is 0.407 e. The standard InChI is InChI=1S/C18H20N4O2/c1-13-11-15(21-16(20-13)14-5-3-2-4-6-14)22-9-7-18(8-10-22)12-19-17(23)24-18/h2-6,11H,7-10,12H2,1H3,(H,19,23). The fourth-order valence-corrected chi connectivity index (χ4v) is 3.35. The Labute approximate surface area is 140 Å².